The van der Waals surface area contributed by atoms with Gasteiger partial charge in [-0.3, -0.25) is 0 Å². The molecule has 0 aromatic carbocycles. The lowest BCUT2D eigenvalue weighted by atomic mass is 9.78. The minimum atomic E-state index is 0.427. The molecule has 2 aliphatic heterocycles. The van der Waals surface area contributed by atoms with Crippen LogP contribution in [0.15, 0.2) is 16.9 Å². The summed E-state index contributed by atoms with van der Waals surface area (Å²) in [6, 6.07) is 0. The highest BCUT2D eigenvalue weighted by molar-refractivity contribution is 9.10. The number of halogens is 1. The maximum atomic E-state index is 5.21. The molecule has 2 fully saturated rings. The average molecular weight is 256 g/mol. The summed E-state index contributed by atoms with van der Waals surface area (Å²) in [5.41, 5.74) is 0.427. The Morgan fingerprint density at radius 3 is 2.43 bits per heavy atom. The zero-order chi connectivity index (χ0) is 9.60. The Bertz CT molecular complexity index is 342. The summed E-state index contributed by atoms with van der Waals surface area (Å²) in [4.78, 5) is 10.7. The Kier molecular flexibility index (Phi) is 1.79. The highest BCUT2D eigenvalue weighted by atomic mass is 79.9. The molecule has 0 unspecified atom stereocenters. The molecule has 0 radical (unpaired) electrons. The van der Waals surface area contributed by atoms with Crippen molar-refractivity contribution >= 4 is 21.9 Å². The second kappa shape index (κ2) is 2.90. The van der Waals surface area contributed by atoms with Crippen molar-refractivity contribution in [1.29, 1.82) is 0 Å². The summed E-state index contributed by atoms with van der Waals surface area (Å²) >= 11 is 3.32. The SMILES string of the molecule is Brc1cnc(N2CC3(COC3)C2)nc1. The van der Waals surface area contributed by atoms with E-state index in [2.05, 4.69) is 30.8 Å². The van der Waals surface area contributed by atoms with E-state index in [-0.39, 0.29) is 0 Å². The first-order chi connectivity index (χ1) is 6.77. The van der Waals surface area contributed by atoms with Crippen molar-refractivity contribution in [2.75, 3.05) is 31.2 Å². The van der Waals surface area contributed by atoms with Gasteiger partial charge in [0.1, 0.15) is 0 Å². The minimum absolute atomic E-state index is 0.427. The van der Waals surface area contributed by atoms with E-state index in [1.54, 1.807) is 12.4 Å². The summed E-state index contributed by atoms with van der Waals surface area (Å²) in [7, 11) is 0. The normalized spacial score (nSPS) is 23.1. The first-order valence-corrected chi connectivity index (χ1v) is 5.37. The van der Waals surface area contributed by atoms with Crippen molar-refractivity contribution in [3.8, 4) is 0 Å². The van der Waals surface area contributed by atoms with Gasteiger partial charge in [-0.25, -0.2) is 9.97 Å². The molecule has 3 rings (SSSR count). The fourth-order valence-corrected chi connectivity index (χ4v) is 2.15. The number of anilines is 1. The lowest BCUT2D eigenvalue weighted by molar-refractivity contribution is -0.127. The van der Waals surface area contributed by atoms with E-state index in [0.29, 0.717) is 5.41 Å². The number of hydrogen-bond donors (Lipinski definition) is 0. The van der Waals surface area contributed by atoms with Gasteiger partial charge in [-0.1, -0.05) is 0 Å². The van der Waals surface area contributed by atoms with E-state index in [9.17, 15) is 0 Å². The number of hydrogen-bond acceptors (Lipinski definition) is 4. The predicted molar refractivity (Wildman–Crippen MR) is 55.2 cm³/mol. The van der Waals surface area contributed by atoms with Crippen molar-refractivity contribution in [1.82, 2.24) is 9.97 Å². The molecule has 0 bridgehead atoms. The number of aromatic nitrogens is 2. The molecule has 0 aliphatic carbocycles. The first-order valence-electron chi connectivity index (χ1n) is 4.58. The molecule has 2 aliphatic rings. The third kappa shape index (κ3) is 1.23. The molecule has 5 heteroatoms. The molecule has 2 saturated heterocycles. The summed E-state index contributed by atoms with van der Waals surface area (Å²) in [5.74, 6) is 0.825. The second-order valence-electron chi connectivity index (χ2n) is 4.05. The van der Waals surface area contributed by atoms with Gasteiger partial charge in [0.2, 0.25) is 5.95 Å². The number of rotatable bonds is 1. The fraction of sp³-hybridized carbons (Fsp3) is 0.556. The van der Waals surface area contributed by atoms with Crippen LogP contribution in [0.1, 0.15) is 0 Å². The van der Waals surface area contributed by atoms with Gasteiger partial charge in [0.25, 0.3) is 0 Å². The van der Waals surface area contributed by atoms with E-state index < -0.39 is 0 Å². The van der Waals surface area contributed by atoms with Crippen molar-refractivity contribution in [2.24, 2.45) is 5.41 Å². The Morgan fingerprint density at radius 2 is 1.93 bits per heavy atom. The molecule has 1 spiro atoms. The molecule has 1 aromatic heterocycles. The van der Waals surface area contributed by atoms with Gasteiger partial charge in [-0.05, 0) is 15.9 Å². The van der Waals surface area contributed by atoms with Gasteiger partial charge in [-0.15, -0.1) is 0 Å². The zero-order valence-corrected chi connectivity index (χ0v) is 9.20. The van der Waals surface area contributed by atoms with Crippen LogP contribution in [0.2, 0.25) is 0 Å². The molecule has 0 amide bonds. The number of ether oxygens (including phenoxy) is 1. The van der Waals surface area contributed by atoms with Crippen LogP contribution in [-0.4, -0.2) is 36.3 Å². The van der Waals surface area contributed by atoms with Crippen LogP contribution < -0.4 is 4.90 Å². The van der Waals surface area contributed by atoms with Gasteiger partial charge in [-0.2, -0.15) is 0 Å². The van der Waals surface area contributed by atoms with Gasteiger partial charge < -0.3 is 9.64 Å². The molecular formula is C9H10BrN3O. The Morgan fingerprint density at radius 1 is 1.29 bits per heavy atom. The average Bonchev–Trinajstić information content (AvgIpc) is 2.03. The van der Waals surface area contributed by atoms with E-state index in [0.717, 1.165) is 36.7 Å². The van der Waals surface area contributed by atoms with E-state index >= 15 is 0 Å². The maximum absolute atomic E-state index is 5.21. The van der Waals surface area contributed by atoms with Crippen molar-refractivity contribution in [2.45, 2.75) is 0 Å². The molecular weight excluding hydrogens is 246 g/mol. The monoisotopic (exact) mass is 255 g/mol. The standard InChI is InChI=1S/C9H10BrN3O/c10-7-1-11-8(12-2-7)13-3-9(4-13)5-14-6-9/h1-2H,3-6H2. The lowest BCUT2D eigenvalue weighted by Crippen LogP contribution is -2.66. The third-order valence-electron chi connectivity index (χ3n) is 2.76. The Labute approximate surface area is 90.4 Å². The van der Waals surface area contributed by atoms with Crippen LogP contribution >= 0.6 is 15.9 Å². The smallest absolute Gasteiger partial charge is 0.225 e. The van der Waals surface area contributed by atoms with Crippen LogP contribution in [0, 0.1) is 5.41 Å². The molecule has 0 N–H and O–H groups in total. The van der Waals surface area contributed by atoms with Gasteiger partial charge >= 0.3 is 0 Å². The van der Waals surface area contributed by atoms with E-state index in [1.807, 2.05) is 0 Å². The van der Waals surface area contributed by atoms with Gasteiger partial charge in [0.15, 0.2) is 0 Å². The predicted octanol–water partition coefficient (Wildman–Crippen LogP) is 1.08. The first kappa shape index (κ1) is 8.61. The Hall–Kier alpha value is -0.680. The van der Waals surface area contributed by atoms with Crippen molar-refractivity contribution < 1.29 is 4.74 Å². The van der Waals surface area contributed by atoms with Crippen LogP contribution in [0.5, 0.6) is 0 Å². The summed E-state index contributed by atoms with van der Waals surface area (Å²) in [6.07, 6.45) is 3.56. The molecule has 3 heterocycles. The van der Waals surface area contributed by atoms with Crippen molar-refractivity contribution in [3.63, 3.8) is 0 Å². The maximum Gasteiger partial charge on any atom is 0.225 e. The third-order valence-corrected chi connectivity index (χ3v) is 3.17. The van der Waals surface area contributed by atoms with Crippen molar-refractivity contribution in [3.05, 3.63) is 16.9 Å². The largest absolute Gasteiger partial charge is 0.380 e. The van der Waals surface area contributed by atoms with Crippen LogP contribution in [0.3, 0.4) is 0 Å². The minimum Gasteiger partial charge on any atom is -0.380 e. The second-order valence-corrected chi connectivity index (χ2v) is 4.97. The van der Waals surface area contributed by atoms with Crippen LogP contribution in [-0.2, 0) is 4.74 Å². The lowest BCUT2D eigenvalue weighted by Gasteiger charge is -2.54. The molecule has 0 saturated carbocycles. The molecule has 1 aromatic rings. The Balaban J connectivity index is 1.70. The summed E-state index contributed by atoms with van der Waals surface area (Å²) < 4.78 is 6.13. The van der Waals surface area contributed by atoms with Gasteiger partial charge in [0, 0.05) is 25.5 Å². The van der Waals surface area contributed by atoms with E-state index in [1.165, 1.54) is 0 Å². The molecule has 0 atom stereocenters. The quantitative estimate of drug-likeness (QED) is 0.753. The molecule has 4 nitrogen and oxygen atoms in total. The number of nitrogens with zero attached hydrogens (tertiary/aromatic N) is 3. The highest BCUT2D eigenvalue weighted by Crippen LogP contribution is 2.38. The fourth-order valence-electron chi connectivity index (χ4n) is 1.95. The van der Waals surface area contributed by atoms with E-state index in [4.69, 9.17) is 4.74 Å². The zero-order valence-electron chi connectivity index (χ0n) is 7.61. The topological polar surface area (TPSA) is 38.2 Å². The summed E-state index contributed by atoms with van der Waals surface area (Å²) in [5, 5.41) is 0. The summed E-state index contributed by atoms with van der Waals surface area (Å²) in [6.45, 7) is 3.88. The highest BCUT2D eigenvalue weighted by Gasteiger charge is 2.49. The molecule has 14 heavy (non-hydrogen) atoms. The van der Waals surface area contributed by atoms with Crippen LogP contribution in [0.4, 0.5) is 5.95 Å². The van der Waals surface area contributed by atoms with Crippen LogP contribution in [0.25, 0.3) is 0 Å². The molecule has 74 valence electrons. The van der Waals surface area contributed by atoms with Gasteiger partial charge in [0.05, 0.1) is 23.1 Å².